The lowest BCUT2D eigenvalue weighted by Gasteiger charge is -2.07. The molecule has 0 saturated carbocycles. The van der Waals surface area contributed by atoms with E-state index in [1.165, 1.54) is 7.11 Å². The second-order valence-electron chi connectivity index (χ2n) is 3.70. The van der Waals surface area contributed by atoms with Crippen LogP contribution in [0.1, 0.15) is 17.0 Å². The largest absolute Gasteiger partial charge is 0.495 e. The van der Waals surface area contributed by atoms with Crippen molar-refractivity contribution in [3.05, 3.63) is 29.2 Å². The van der Waals surface area contributed by atoms with Crippen LogP contribution in [0.15, 0.2) is 16.7 Å². The van der Waals surface area contributed by atoms with E-state index in [0.29, 0.717) is 28.6 Å². The third-order valence-corrected chi connectivity index (χ3v) is 2.50. The molecule has 1 aromatic heterocycles. The molecular formula is C12H12N4O2. The Morgan fingerprint density at radius 2 is 2.28 bits per heavy atom. The first kappa shape index (κ1) is 12.1. The number of benzene rings is 1. The van der Waals surface area contributed by atoms with Crippen molar-refractivity contribution in [1.29, 1.82) is 5.26 Å². The molecule has 0 spiro atoms. The van der Waals surface area contributed by atoms with E-state index >= 15 is 0 Å². The van der Waals surface area contributed by atoms with E-state index in [1.807, 2.05) is 13.0 Å². The molecule has 6 heteroatoms. The van der Waals surface area contributed by atoms with E-state index in [-0.39, 0.29) is 6.54 Å². The van der Waals surface area contributed by atoms with Crippen molar-refractivity contribution >= 4 is 0 Å². The minimum atomic E-state index is 0.188. The molecule has 1 heterocycles. The number of nitriles is 1. The number of nitrogens with two attached hydrogens (primary N) is 1. The number of aromatic nitrogens is 2. The molecule has 0 aliphatic rings. The molecule has 0 amide bonds. The third-order valence-electron chi connectivity index (χ3n) is 2.50. The van der Waals surface area contributed by atoms with Crippen LogP contribution in [0.4, 0.5) is 0 Å². The number of aryl methyl sites for hydroxylation is 1. The van der Waals surface area contributed by atoms with Gasteiger partial charge in [0.25, 0.3) is 0 Å². The fourth-order valence-corrected chi connectivity index (χ4v) is 1.71. The number of hydrogen-bond acceptors (Lipinski definition) is 6. The van der Waals surface area contributed by atoms with Gasteiger partial charge in [0.15, 0.2) is 0 Å². The molecule has 0 aliphatic heterocycles. The quantitative estimate of drug-likeness (QED) is 0.875. The first-order valence-corrected chi connectivity index (χ1v) is 5.31. The standard InChI is InChI=1S/C12H12N4O2/c1-7-3-8(4-9(5-13)11(7)17-2)12-15-10(6-14)18-16-12/h3-4H,6,14H2,1-2H3. The van der Waals surface area contributed by atoms with Gasteiger partial charge in [-0.25, -0.2) is 0 Å². The van der Waals surface area contributed by atoms with Gasteiger partial charge in [0, 0.05) is 5.56 Å². The predicted molar refractivity (Wildman–Crippen MR) is 63.6 cm³/mol. The molecule has 1 aromatic carbocycles. The Hall–Kier alpha value is -2.39. The van der Waals surface area contributed by atoms with Gasteiger partial charge in [0.05, 0.1) is 19.2 Å². The van der Waals surface area contributed by atoms with Crippen molar-refractivity contribution in [2.24, 2.45) is 5.73 Å². The minimum absolute atomic E-state index is 0.188. The van der Waals surface area contributed by atoms with Crippen molar-refractivity contribution in [1.82, 2.24) is 10.1 Å². The second-order valence-corrected chi connectivity index (χ2v) is 3.70. The highest BCUT2D eigenvalue weighted by atomic mass is 16.5. The highest BCUT2D eigenvalue weighted by Gasteiger charge is 2.13. The van der Waals surface area contributed by atoms with Gasteiger partial charge >= 0.3 is 0 Å². The molecule has 92 valence electrons. The fourth-order valence-electron chi connectivity index (χ4n) is 1.71. The van der Waals surface area contributed by atoms with Crippen LogP contribution in [0.5, 0.6) is 5.75 Å². The maximum absolute atomic E-state index is 9.08. The van der Waals surface area contributed by atoms with Gasteiger partial charge in [0.2, 0.25) is 11.7 Å². The Morgan fingerprint density at radius 1 is 1.50 bits per heavy atom. The zero-order valence-corrected chi connectivity index (χ0v) is 10.1. The molecule has 18 heavy (non-hydrogen) atoms. The first-order chi connectivity index (χ1) is 8.69. The molecule has 2 rings (SSSR count). The Labute approximate surface area is 104 Å². The van der Waals surface area contributed by atoms with Crippen LogP contribution in [-0.4, -0.2) is 17.3 Å². The number of methoxy groups -OCH3 is 1. The summed E-state index contributed by atoms with van der Waals surface area (Å²) >= 11 is 0. The predicted octanol–water partition coefficient (Wildman–Crippen LogP) is 1.38. The summed E-state index contributed by atoms with van der Waals surface area (Å²) in [5.74, 6) is 1.33. The summed E-state index contributed by atoms with van der Waals surface area (Å²) in [4.78, 5) is 4.12. The van der Waals surface area contributed by atoms with Crippen LogP contribution in [0, 0.1) is 18.3 Å². The molecular weight excluding hydrogens is 232 g/mol. The van der Waals surface area contributed by atoms with Crippen molar-refractivity contribution in [3.63, 3.8) is 0 Å². The number of hydrogen-bond donors (Lipinski definition) is 1. The van der Waals surface area contributed by atoms with Crippen LogP contribution in [0.25, 0.3) is 11.4 Å². The molecule has 0 aliphatic carbocycles. The summed E-state index contributed by atoms with van der Waals surface area (Å²) in [6.07, 6.45) is 0. The average molecular weight is 244 g/mol. The molecule has 0 unspecified atom stereocenters. The van der Waals surface area contributed by atoms with Gasteiger partial charge in [-0.1, -0.05) is 5.16 Å². The van der Waals surface area contributed by atoms with Crippen molar-refractivity contribution < 1.29 is 9.26 Å². The molecule has 0 fully saturated rings. The van der Waals surface area contributed by atoms with E-state index in [2.05, 4.69) is 16.2 Å². The fraction of sp³-hybridized carbons (Fsp3) is 0.250. The summed E-state index contributed by atoms with van der Waals surface area (Å²) in [5.41, 5.74) is 7.38. The summed E-state index contributed by atoms with van der Waals surface area (Å²) < 4.78 is 10.1. The van der Waals surface area contributed by atoms with Gasteiger partial charge in [-0.3, -0.25) is 0 Å². The van der Waals surface area contributed by atoms with Gasteiger partial charge in [-0.15, -0.1) is 0 Å². The van der Waals surface area contributed by atoms with E-state index in [4.69, 9.17) is 20.3 Å². The van der Waals surface area contributed by atoms with Gasteiger partial charge < -0.3 is 15.0 Å². The molecule has 2 aromatic rings. The monoisotopic (exact) mass is 244 g/mol. The van der Waals surface area contributed by atoms with Crippen LogP contribution in [0.2, 0.25) is 0 Å². The Kier molecular flexibility index (Phi) is 3.26. The van der Waals surface area contributed by atoms with Gasteiger partial charge in [-0.2, -0.15) is 10.2 Å². The molecule has 2 N–H and O–H groups in total. The third kappa shape index (κ3) is 2.04. The maximum Gasteiger partial charge on any atom is 0.240 e. The highest BCUT2D eigenvalue weighted by molar-refractivity contribution is 5.63. The van der Waals surface area contributed by atoms with Crippen LogP contribution in [0.3, 0.4) is 0 Å². The topological polar surface area (TPSA) is 98.0 Å². The lowest BCUT2D eigenvalue weighted by atomic mass is 10.1. The first-order valence-electron chi connectivity index (χ1n) is 5.31. The lowest BCUT2D eigenvalue weighted by Crippen LogP contribution is -1.96. The molecule has 0 atom stereocenters. The second kappa shape index (κ2) is 4.85. The van der Waals surface area contributed by atoms with Crippen LogP contribution < -0.4 is 10.5 Å². The summed E-state index contributed by atoms with van der Waals surface area (Å²) in [7, 11) is 1.53. The van der Waals surface area contributed by atoms with E-state index in [0.717, 1.165) is 5.56 Å². The molecule has 0 radical (unpaired) electrons. The summed E-state index contributed by atoms with van der Waals surface area (Å²) in [5, 5.41) is 12.9. The van der Waals surface area contributed by atoms with Crippen molar-refractivity contribution in [2.75, 3.05) is 7.11 Å². The van der Waals surface area contributed by atoms with Gasteiger partial charge in [0.1, 0.15) is 11.8 Å². The maximum atomic E-state index is 9.08. The van der Waals surface area contributed by atoms with E-state index < -0.39 is 0 Å². The summed E-state index contributed by atoms with van der Waals surface area (Å²) in [6.45, 7) is 2.04. The normalized spacial score (nSPS) is 10.1. The Morgan fingerprint density at radius 3 is 2.83 bits per heavy atom. The highest BCUT2D eigenvalue weighted by Crippen LogP contribution is 2.28. The summed E-state index contributed by atoms with van der Waals surface area (Å²) in [6, 6.07) is 5.58. The molecule has 6 nitrogen and oxygen atoms in total. The molecule has 0 bridgehead atoms. The van der Waals surface area contributed by atoms with Crippen molar-refractivity contribution in [2.45, 2.75) is 13.5 Å². The van der Waals surface area contributed by atoms with Crippen molar-refractivity contribution in [3.8, 4) is 23.2 Å². The number of ether oxygens (including phenoxy) is 1. The number of rotatable bonds is 3. The zero-order chi connectivity index (χ0) is 13.1. The lowest BCUT2D eigenvalue weighted by molar-refractivity contribution is 0.380. The van der Waals surface area contributed by atoms with Gasteiger partial charge in [-0.05, 0) is 24.6 Å². The average Bonchev–Trinajstić information content (AvgIpc) is 2.86. The molecule has 0 saturated heterocycles. The van der Waals surface area contributed by atoms with Crippen LogP contribution in [-0.2, 0) is 6.54 Å². The van der Waals surface area contributed by atoms with E-state index in [1.54, 1.807) is 6.07 Å². The smallest absolute Gasteiger partial charge is 0.240 e. The zero-order valence-electron chi connectivity index (χ0n) is 10.1. The van der Waals surface area contributed by atoms with E-state index in [9.17, 15) is 0 Å². The minimum Gasteiger partial charge on any atom is -0.495 e. The SMILES string of the molecule is COc1c(C)cc(-c2noc(CN)n2)cc1C#N. The van der Waals surface area contributed by atoms with Crippen LogP contribution >= 0.6 is 0 Å². The Balaban J connectivity index is 2.53. The Bertz CT molecular complexity index is 613. The number of nitrogens with zero attached hydrogens (tertiary/aromatic N) is 3.